The van der Waals surface area contributed by atoms with Crippen molar-refractivity contribution in [3.05, 3.63) is 11.6 Å². The molecule has 0 saturated heterocycles. The van der Waals surface area contributed by atoms with E-state index in [1.807, 2.05) is 0 Å². The third-order valence-electron chi connectivity index (χ3n) is 2.88. The summed E-state index contributed by atoms with van der Waals surface area (Å²) in [6.45, 7) is 8.41. The van der Waals surface area contributed by atoms with Gasteiger partial charge in [-0.05, 0) is 24.3 Å². The monoisotopic (exact) mass is 180 g/mol. The molecule has 0 bridgehead atoms. The minimum absolute atomic E-state index is 0.112. The number of rotatable bonds is 2. The highest BCUT2D eigenvalue weighted by atomic mass is 16.1. The quantitative estimate of drug-likeness (QED) is 0.596. The van der Waals surface area contributed by atoms with Crippen LogP contribution in [0.15, 0.2) is 11.6 Å². The standard InChI is InChI=1S/C12H20O/c1-5-6-7-10-9(2)8-12(3,4)11(10)13/h7,9H,5-6,8H2,1-4H3. The normalized spacial score (nSPS) is 30.0. The molecular formula is C12H20O. The van der Waals surface area contributed by atoms with Crippen LogP contribution in [0.5, 0.6) is 0 Å². The molecule has 13 heavy (non-hydrogen) atoms. The van der Waals surface area contributed by atoms with Crippen LogP contribution < -0.4 is 0 Å². The van der Waals surface area contributed by atoms with Crippen LogP contribution in [0.2, 0.25) is 0 Å². The second kappa shape index (κ2) is 3.65. The van der Waals surface area contributed by atoms with Crippen LogP contribution in [0.1, 0.15) is 47.0 Å². The molecular weight excluding hydrogens is 160 g/mol. The van der Waals surface area contributed by atoms with Gasteiger partial charge >= 0.3 is 0 Å². The first-order chi connectivity index (χ1) is 5.99. The molecule has 1 aliphatic carbocycles. The number of unbranched alkanes of at least 4 members (excludes halogenated alkanes) is 1. The van der Waals surface area contributed by atoms with Crippen LogP contribution in [-0.4, -0.2) is 5.78 Å². The largest absolute Gasteiger partial charge is 0.294 e. The molecule has 1 saturated carbocycles. The van der Waals surface area contributed by atoms with E-state index in [-0.39, 0.29) is 5.41 Å². The third-order valence-corrected chi connectivity index (χ3v) is 2.88. The summed E-state index contributed by atoms with van der Waals surface area (Å²) in [5.41, 5.74) is 0.964. The molecule has 0 aromatic heterocycles. The first kappa shape index (κ1) is 10.5. The Labute approximate surface area is 81.2 Å². The molecule has 1 nitrogen and oxygen atoms in total. The minimum atomic E-state index is -0.112. The highest BCUT2D eigenvalue weighted by molar-refractivity contribution is 6.02. The van der Waals surface area contributed by atoms with Gasteiger partial charge in [0.05, 0.1) is 0 Å². The Morgan fingerprint density at radius 1 is 1.54 bits per heavy atom. The molecule has 0 amide bonds. The van der Waals surface area contributed by atoms with Gasteiger partial charge in [-0.15, -0.1) is 0 Å². The predicted molar refractivity (Wildman–Crippen MR) is 55.6 cm³/mol. The lowest BCUT2D eigenvalue weighted by Gasteiger charge is -2.12. The fourth-order valence-electron chi connectivity index (χ4n) is 2.18. The van der Waals surface area contributed by atoms with Gasteiger partial charge < -0.3 is 0 Å². The number of carbonyl (C=O) groups is 1. The van der Waals surface area contributed by atoms with Crippen LogP contribution in [0.25, 0.3) is 0 Å². The average Bonchev–Trinajstić information content (AvgIpc) is 2.21. The van der Waals surface area contributed by atoms with Gasteiger partial charge in [0.15, 0.2) is 5.78 Å². The van der Waals surface area contributed by atoms with Gasteiger partial charge in [0.1, 0.15) is 0 Å². The van der Waals surface area contributed by atoms with E-state index in [4.69, 9.17) is 0 Å². The Balaban J connectivity index is 2.82. The second-order valence-corrected chi connectivity index (χ2v) is 4.77. The van der Waals surface area contributed by atoms with E-state index in [2.05, 4.69) is 33.8 Å². The Morgan fingerprint density at radius 3 is 2.54 bits per heavy atom. The lowest BCUT2D eigenvalue weighted by molar-refractivity contribution is -0.121. The van der Waals surface area contributed by atoms with Crippen molar-refractivity contribution in [2.45, 2.75) is 47.0 Å². The topological polar surface area (TPSA) is 17.1 Å². The van der Waals surface area contributed by atoms with E-state index < -0.39 is 0 Å². The maximum absolute atomic E-state index is 11.9. The first-order valence-electron chi connectivity index (χ1n) is 5.24. The highest BCUT2D eigenvalue weighted by Gasteiger charge is 2.40. The van der Waals surface area contributed by atoms with Crippen molar-refractivity contribution >= 4 is 5.78 Å². The predicted octanol–water partition coefficient (Wildman–Crippen LogP) is 3.35. The summed E-state index contributed by atoms with van der Waals surface area (Å²) in [5, 5.41) is 0. The summed E-state index contributed by atoms with van der Waals surface area (Å²) in [6, 6.07) is 0. The summed E-state index contributed by atoms with van der Waals surface area (Å²) < 4.78 is 0. The van der Waals surface area contributed by atoms with Crippen LogP contribution in [0, 0.1) is 11.3 Å². The van der Waals surface area contributed by atoms with Crippen LogP contribution in [0.3, 0.4) is 0 Å². The van der Waals surface area contributed by atoms with Gasteiger partial charge in [0.2, 0.25) is 0 Å². The number of allylic oxidation sites excluding steroid dienone is 2. The molecule has 0 aromatic rings. The maximum atomic E-state index is 11.9. The molecule has 0 aromatic carbocycles. The van der Waals surface area contributed by atoms with Crippen molar-refractivity contribution in [3.63, 3.8) is 0 Å². The molecule has 1 unspecified atom stereocenters. The van der Waals surface area contributed by atoms with Gasteiger partial charge in [-0.2, -0.15) is 0 Å². The van der Waals surface area contributed by atoms with Gasteiger partial charge in [-0.3, -0.25) is 4.79 Å². The lowest BCUT2D eigenvalue weighted by Crippen LogP contribution is -2.17. The SMILES string of the molecule is CCCC=C1C(=O)C(C)(C)CC1C. The van der Waals surface area contributed by atoms with Crippen molar-refractivity contribution in [2.75, 3.05) is 0 Å². The Kier molecular flexibility index (Phi) is 2.94. The van der Waals surface area contributed by atoms with E-state index >= 15 is 0 Å². The van der Waals surface area contributed by atoms with Crippen molar-refractivity contribution < 1.29 is 4.79 Å². The number of carbonyl (C=O) groups excluding carboxylic acids is 1. The summed E-state index contributed by atoms with van der Waals surface area (Å²) in [6.07, 6.45) is 5.33. The van der Waals surface area contributed by atoms with Gasteiger partial charge in [-0.1, -0.05) is 40.2 Å². The molecule has 0 radical (unpaired) electrons. The minimum Gasteiger partial charge on any atom is -0.294 e. The summed E-state index contributed by atoms with van der Waals surface area (Å²) in [5.74, 6) is 0.836. The fraction of sp³-hybridized carbons (Fsp3) is 0.750. The van der Waals surface area contributed by atoms with Crippen LogP contribution in [0.4, 0.5) is 0 Å². The smallest absolute Gasteiger partial charge is 0.164 e. The van der Waals surface area contributed by atoms with Crippen LogP contribution >= 0.6 is 0 Å². The number of hydrogen-bond acceptors (Lipinski definition) is 1. The molecule has 1 heteroatoms. The molecule has 1 aliphatic rings. The van der Waals surface area contributed by atoms with E-state index in [9.17, 15) is 4.79 Å². The van der Waals surface area contributed by atoms with E-state index in [1.54, 1.807) is 0 Å². The summed E-state index contributed by atoms with van der Waals surface area (Å²) in [7, 11) is 0. The summed E-state index contributed by atoms with van der Waals surface area (Å²) >= 11 is 0. The molecule has 1 atom stereocenters. The van der Waals surface area contributed by atoms with E-state index in [0.29, 0.717) is 11.7 Å². The highest BCUT2D eigenvalue weighted by Crippen LogP contribution is 2.41. The zero-order valence-corrected chi connectivity index (χ0v) is 9.18. The molecule has 0 N–H and O–H groups in total. The average molecular weight is 180 g/mol. The number of Topliss-reactive ketones (excluding diaryl/α,β-unsaturated/α-hetero) is 1. The zero-order valence-electron chi connectivity index (χ0n) is 9.18. The van der Waals surface area contributed by atoms with Crippen molar-refractivity contribution in [3.8, 4) is 0 Å². The van der Waals surface area contributed by atoms with Gasteiger partial charge in [-0.25, -0.2) is 0 Å². The maximum Gasteiger partial charge on any atom is 0.164 e. The lowest BCUT2D eigenvalue weighted by atomic mass is 9.90. The Hall–Kier alpha value is -0.590. The van der Waals surface area contributed by atoms with Crippen molar-refractivity contribution in [2.24, 2.45) is 11.3 Å². The molecule has 1 fully saturated rings. The van der Waals surface area contributed by atoms with Gasteiger partial charge in [0.25, 0.3) is 0 Å². The molecule has 1 rings (SSSR count). The van der Waals surface area contributed by atoms with Crippen molar-refractivity contribution in [1.82, 2.24) is 0 Å². The molecule has 0 aliphatic heterocycles. The van der Waals surface area contributed by atoms with E-state index in [0.717, 1.165) is 24.8 Å². The van der Waals surface area contributed by atoms with Crippen LogP contribution in [-0.2, 0) is 4.79 Å². The molecule has 74 valence electrons. The van der Waals surface area contributed by atoms with Gasteiger partial charge in [0, 0.05) is 5.41 Å². The Morgan fingerprint density at radius 2 is 2.15 bits per heavy atom. The molecule has 0 spiro atoms. The van der Waals surface area contributed by atoms with Crippen molar-refractivity contribution in [1.29, 1.82) is 0 Å². The fourth-order valence-corrected chi connectivity index (χ4v) is 2.18. The second-order valence-electron chi connectivity index (χ2n) is 4.77. The first-order valence-corrected chi connectivity index (χ1v) is 5.24. The molecule has 0 heterocycles. The Bertz CT molecular complexity index is 236. The third kappa shape index (κ3) is 2.01. The zero-order chi connectivity index (χ0) is 10.1. The number of hydrogen-bond donors (Lipinski definition) is 0. The summed E-state index contributed by atoms with van der Waals surface area (Å²) in [4.78, 5) is 11.9. The van der Waals surface area contributed by atoms with E-state index in [1.165, 1.54) is 0 Å². The number of ketones is 1.